The summed E-state index contributed by atoms with van der Waals surface area (Å²) < 4.78 is 10.5. The van der Waals surface area contributed by atoms with Gasteiger partial charge in [0.1, 0.15) is 5.75 Å². The van der Waals surface area contributed by atoms with Gasteiger partial charge in [0.2, 0.25) is 5.91 Å². The molecular weight excluding hydrogens is 374 g/mol. The van der Waals surface area contributed by atoms with Gasteiger partial charge in [-0.3, -0.25) is 4.79 Å². The summed E-state index contributed by atoms with van der Waals surface area (Å²) in [6.45, 7) is 1.24. The first kappa shape index (κ1) is 18.8. The fourth-order valence-electron chi connectivity index (χ4n) is 3.12. The maximum atomic E-state index is 12.2. The summed E-state index contributed by atoms with van der Waals surface area (Å²) in [5.41, 5.74) is 2.69. The molecule has 1 aliphatic heterocycles. The predicted octanol–water partition coefficient (Wildman–Crippen LogP) is 3.30. The van der Waals surface area contributed by atoms with Crippen LogP contribution in [-0.4, -0.2) is 35.8 Å². The van der Waals surface area contributed by atoms with Crippen LogP contribution >= 0.6 is 11.6 Å². The van der Waals surface area contributed by atoms with Gasteiger partial charge in [-0.25, -0.2) is 4.79 Å². The summed E-state index contributed by atoms with van der Waals surface area (Å²) in [6.07, 6.45) is 0.176. The fourth-order valence-corrected chi connectivity index (χ4v) is 3.40. The molecule has 0 aliphatic carbocycles. The number of benzene rings is 2. The number of carbonyl (C=O) groups excluding carboxylic acids is 1. The topological polar surface area (TPSA) is 105 Å². The third-order valence-corrected chi connectivity index (χ3v) is 4.74. The molecule has 0 radical (unpaired) electrons. The number of nitrogens with one attached hydrogen (secondary N) is 1. The Bertz CT molecular complexity index is 927. The summed E-state index contributed by atoms with van der Waals surface area (Å²) in [4.78, 5) is 22.9. The number of anilines is 1. The summed E-state index contributed by atoms with van der Waals surface area (Å²) in [7, 11) is 1.43. The molecule has 0 bridgehead atoms. The van der Waals surface area contributed by atoms with E-state index in [0.717, 1.165) is 5.56 Å². The Hall–Kier alpha value is -2.93. The number of amides is 1. The van der Waals surface area contributed by atoms with E-state index in [9.17, 15) is 14.7 Å². The molecule has 8 heteroatoms. The van der Waals surface area contributed by atoms with E-state index < -0.39 is 12.6 Å². The summed E-state index contributed by atoms with van der Waals surface area (Å²) in [5.74, 6) is -1.05. The first-order chi connectivity index (χ1) is 12.8. The van der Waals surface area contributed by atoms with Gasteiger partial charge < -0.3 is 25.0 Å². The number of aryl methyl sites for hydroxylation is 1. The number of carboxylic acids is 1. The molecule has 1 amide bonds. The van der Waals surface area contributed by atoms with E-state index in [-0.39, 0.29) is 29.7 Å². The molecule has 2 aromatic rings. The number of aromatic hydroxyl groups is 1. The average Bonchev–Trinajstić information content (AvgIpc) is 2.61. The van der Waals surface area contributed by atoms with Crippen LogP contribution in [0, 0.1) is 6.92 Å². The number of carbonyl (C=O) groups is 2. The minimum atomic E-state index is -1.12. The van der Waals surface area contributed by atoms with E-state index in [2.05, 4.69) is 5.32 Å². The van der Waals surface area contributed by atoms with Crippen molar-refractivity contribution >= 4 is 29.2 Å². The second-order valence-electron chi connectivity index (χ2n) is 6.24. The lowest BCUT2D eigenvalue weighted by Crippen LogP contribution is -2.24. The third kappa shape index (κ3) is 3.78. The number of methoxy groups -OCH3 is 1. The van der Waals surface area contributed by atoms with Gasteiger partial charge in [-0.2, -0.15) is 0 Å². The zero-order valence-corrected chi connectivity index (χ0v) is 15.5. The monoisotopic (exact) mass is 391 g/mol. The normalized spacial score (nSPS) is 15.7. The van der Waals surface area contributed by atoms with Crippen molar-refractivity contribution in [3.05, 3.63) is 46.0 Å². The number of ether oxygens (including phenoxy) is 2. The maximum absolute atomic E-state index is 12.2. The first-order valence-corrected chi connectivity index (χ1v) is 8.53. The number of rotatable bonds is 5. The van der Waals surface area contributed by atoms with Crippen molar-refractivity contribution < 1.29 is 29.3 Å². The van der Waals surface area contributed by atoms with Gasteiger partial charge in [0.15, 0.2) is 18.1 Å². The largest absolute Gasteiger partial charge is 0.508 e. The minimum absolute atomic E-state index is 0.0933. The van der Waals surface area contributed by atoms with Crippen LogP contribution in [0.3, 0.4) is 0 Å². The molecule has 142 valence electrons. The highest BCUT2D eigenvalue weighted by Gasteiger charge is 2.30. The van der Waals surface area contributed by atoms with Crippen molar-refractivity contribution in [3.8, 4) is 17.2 Å². The lowest BCUT2D eigenvalue weighted by molar-refractivity contribution is -0.139. The molecule has 1 unspecified atom stereocenters. The third-order valence-electron chi connectivity index (χ3n) is 4.42. The van der Waals surface area contributed by atoms with Crippen molar-refractivity contribution in [1.82, 2.24) is 0 Å². The highest BCUT2D eigenvalue weighted by Crippen LogP contribution is 2.45. The second-order valence-corrected chi connectivity index (χ2v) is 6.65. The van der Waals surface area contributed by atoms with E-state index in [1.807, 2.05) is 6.07 Å². The lowest BCUT2D eigenvalue weighted by atomic mass is 9.83. The molecule has 1 aliphatic rings. The van der Waals surface area contributed by atoms with E-state index in [4.69, 9.17) is 26.2 Å². The predicted molar refractivity (Wildman–Crippen MR) is 99.1 cm³/mol. The molecule has 1 atom stereocenters. The van der Waals surface area contributed by atoms with Crippen LogP contribution in [0.15, 0.2) is 24.3 Å². The molecule has 0 spiro atoms. The van der Waals surface area contributed by atoms with E-state index in [1.54, 1.807) is 13.0 Å². The molecule has 7 nitrogen and oxygen atoms in total. The molecule has 2 aromatic carbocycles. The number of phenols is 1. The number of halogens is 1. The van der Waals surface area contributed by atoms with Crippen molar-refractivity contribution in [1.29, 1.82) is 0 Å². The zero-order valence-electron chi connectivity index (χ0n) is 14.7. The average molecular weight is 392 g/mol. The Kier molecular flexibility index (Phi) is 5.14. The van der Waals surface area contributed by atoms with Crippen LogP contribution in [0.25, 0.3) is 0 Å². The van der Waals surface area contributed by atoms with Crippen molar-refractivity contribution in [2.24, 2.45) is 0 Å². The second kappa shape index (κ2) is 7.36. The number of aliphatic carboxylic acids is 1. The van der Waals surface area contributed by atoms with Gasteiger partial charge in [0.25, 0.3) is 0 Å². The fraction of sp³-hybridized carbons (Fsp3) is 0.263. The summed E-state index contributed by atoms with van der Waals surface area (Å²) in [5, 5.41) is 21.8. The smallest absolute Gasteiger partial charge is 0.341 e. The van der Waals surface area contributed by atoms with Crippen LogP contribution in [0.2, 0.25) is 5.02 Å². The minimum Gasteiger partial charge on any atom is -0.508 e. The number of phenolic OH excluding ortho intramolecular Hbond substituents is 1. The molecule has 0 saturated carbocycles. The molecule has 1 heterocycles. The van der Waals surface area contributed by atoms with E-state index >= 15 is 0 Å². The molecule has 0 fully saturated rings. The van der Waals surface area contributed by atoms with Crippen LogP contribution in [-0.2, 0) is 9.59 Å². The molecule has 27 heavy (non-hydrogen) atoms. The molecular formula is C19H18ClNO6. The Morgan fingerprint density at radius 3 is 2.67 bits per heavy atom. The van der Waals surface area contributed by atoms with Gasteiger partial charge in [-0.15, -0.1) is 0 Å². The van der Waals surface area contributed by atoms with Gasteiger partial charge in [0.05, 0.1) is 7.11 Å². The number of hydrogen-bond donors (Lipinski definition) is 3. The summed E-state index contributed by atoms with van der Waals surface area (Å²) >= 11 is 6.43. The van der Waals surface area contributed by atoms with E-state index in [0.29, 0.717) is 27.6 Å². The van der Waals surface area contributed by atoms with E-state index in [1.165, 1.54) is 19.2 Å². The Labute approximate surface area is 160 Å². The van der Waals surface area contributed by atoms with Crippen LogP contribution in [0.5, 0.6) is 17.2 Å². The molecule has 0 aromatic heterocycles. The first-order valence-electron chi connectivity index (χ1n) is 8.15. The Balaban J connectivity index is 2.07. The van der Waals surface area contributed by atoms with Gasteiger partial charge in [-0.05, 0) is 35.7 Å². The van der Waals surface area contributed by atoms with Crippen molar-refractivity contribution in [2.45, 2.75) is 19.3 Å². The number of carboxylic acid groups (broad SMARTS) is 1. The maximum Gasteiger partial charge on any atom is 0.341 e. The molecule has 0 saturated heterocycles. The number of fused-ring (bicyclic) bond motifs is 1. The Morgan fingerprint density at radius 2 is 2.00 bits per heavy atom. The van der Waals surface area contributed by atoms with Gasteiger partial charge in [-0.1, -0.05) is 11.6 Å². The van der Waals surface area contributed by atoms with Crippen molar-refractivity contribution in [2.75, 3.05) is 19.0 Å². The van der Waals surface area contributed by atoms with Gasteiger partial charge in [0, 0.05) is 35.2 Å². The highest BCUT2D eigenvalue weighted by molar-refractivity contribution is 6.31. The zero-order chi connectivity index (χ0) is 19.7. The Morgan fingerprint density at radius 1 is 1.26 bits per heavy atom. The standard InChI is InChI=1S/C19H18ClNO6/c1-9-3-12-10(5-18(23)21-14(12)7-15(9)22)11-4-16(26-2)17(6-13(11)20)27-8-19(24)25/h3-4,6-7,10,22H,5,8H2,1-2H3,(H,21,23)(H,24,25). The highest BCUT2D eigenvalue weighted by atomic mass is 35.5. The quantitative estimate of drug-likeness (QED) is 0.722. The lowest BCUT2D eigenvalue weighted by Gasteiger charge is -2.28. The van der Waals surface area contributed by atoms with Gasteiger partial charge >= 0.3 is 5.97 Å². The van der Waals surface area contributed by atoms with Crippen LogP contribution < -0.4 is 14.8 Å². The van der Waals surface area contributed by atoms with Crippen LogP contribution in [0.4, 0.5) is 5.69 Å². The van der Waals surface area contributed by atoms with Crippen molar-refractivity contribution in [3.63, 3.8) is 0 Å². The number of hydrogen-bond acceptors (Lipinski definition) is 5. The summed E-state index contributed by atoms with van der Waals surface area (Å²) in [6, 6.07) is 6.46. The molecule has 3 rings (SSSR count). The SMILES string of the molecule is COc1cc(C2CC(=O)Nc3cc(O)c(C)cc32)c(Cl)cc1OCC(=O)O. The molecule has 3 N–H and O–H groups in total. The van der Waals surface area contributed by atoms with Crippen LogP contribution in [0.1, 0.15) is 29.0 Å².